The topological polar surface area (TPSA) is 86.5 Å². The van der Waals surface area contributed by atoms with Gasteiger partial charge in [0.15, 0.2) is 17.2 Å². The number of carboxylic acids is 1. The van der Waals surface area contributed by atoms with Crippen molar-refractivity contribution in [3.63, 3.8) is 0 Å². The van der Waals surface area contributed by atoms with Crippen LogP contribution in [0.1, 0.15) is 16.1 Å². The summed E-state index contributed by atoms with van der Waals surface area (Å²) in [5.41, 5.74) is 0.842. The molecule has 1 aromatic heterocycles. The van der Waals surface area contributed by atoms with Crippen LogP contribution in [0.15, 0.2) is 24.4 Å². The molecule has 0 fully saturated rings. The van der Waals surface area contributed by atoms with Gasteiger partial charge in [0.25, 0.3) is 0 Å². The van der Waals surface area contributed by atoms with Crippen molar-refractivity contribution in [2.75, 3.05) is 13.2 Å². The van der Waals surface area contributed by atoms with Gasteiger partial charge in [-0.05, 0) is 17.7 Å². The second-order valence-electron chi connectivity index (χ2n) is 4.04. The third kappa shape index (κ3) is 2.35. The third-order valence-electron chi connectivity index (χ3n) is 2.69. The van der Waals surface area contributed by atoms with E-state index in [-0.39, 0.29) is 5.69 Å². The van der Waals surface area contributed by atoms with Crippen molar-refractivity contribution >= 4 is 5.97 Å². The molecule has 1 aliphatic rings. The Morgan fingerprint density at radius 3 is 2.84 bits per heavy atom. The fourth-order valence-electron chi connectivity index (χ4n) is 1.82. The van der Waals surface area contributed by atoms with E-state index in [4.69, 9.17) is 14.6 Å². The van der Waals surface area contributed by atoms with E-state index in [9.17, 15) is 4.79 Å². The highest BCUT2D eigenvalue weighted by Crippen LogP contribution is 2.30. The van der Waals surface area contributed by atoms with Gasteiger partial charge in [-0.15, -0.1) is 5.10 Å². The molecule has 2 heterocycles. The van der Waals surface area contributed by atoms with E-state index < -0.39 is 5.97 Å². The van der Waals surface area contributed by atoms with Crippen LogP contribution in [-0.2, 0) is 6.54 Å². The van der Waals surface area contributed by atoms with Crippen molar-refractivity contribution in [3.05, 3.63) is 35.7 Å². The second-order valence-corrected chi connectivity index (χ2v) is 4.04. The maximum Gasteiger partial charge on any atom is 0.358 e. The van der Waals surface area contributed by atoms with Crippen LogP contribution >= 0.6 is 0 Å². The predicted molar refractivity (Wildman–Crippen MR) is 63.5 cm³/mol. The SMILES string of the molecule is O=C(O)c1cnn(Cc2ccc3c(c2)OCCO3)n1. The minimum Gasteiger partial charge on any atom is -0.486 e. The zero-order valence-corrected chi connectivity index (χ0v) is 9.94. The Morgan fingerprint density at radius 2 is 2.11 bits per heavy atom. The average molecular weight is 261 g/mol. The summed E-state index contributed by atoms with van der Waals surface area (Å²) in [7, 11) is 0. The van der Waals surface area contributed by atoms with Crippen molar-refractivity contribution in [2.24, 2.45) is 0 Å². The highest BCUT2D eigenvalue weighted by Gasteiger charge is 2.13. The standard InChI is InChI=1S/C12H11N3O4/c16-12(17)9-6-13-15(14-9)7-8-1-2-10-11(5-8)19-4-3-18-10/h1-2,5-6H,3-4,7H2,(H,16,17). The Bertz CT molecular complexity index is 623. The molecule has 0 atom stereocenters. The first-order chi connectivity index (χ1) is 9.22. The van der Waals surface area contributed by atoms with E-state index in [1.165, 1.54) is 11.0 Å². The number of carbonyl (C=O) groups is 1. The molecule has 1 N–H and O–H groups in total. The van der Waals surface area contributed by atoms with Gasteiger partial charge in [-0.25, -0.2) is 4.79 Å². The highest BCUT2D eigenvalue weighted by molar-refractivity contribution is 5.84. The predicted octanol–water partition coefficient (Wildman–Crippen LogP) is 0.796. The number of rotatable bonds is 3. The van der Waals surface area contributed by atoms with Crippen molar-refractivity contribution < 1.29 is 19.4 Å². The summed E-state index contributed by atoms with van der Waals surface area (Å²) in [6.07, 6.45) is 1.22. The quantitative estimate of drug-likeness (QED) is 0.879. The summed E-state index contributed by atoms with van der Waals surface area (Å²) in [5.74, 6) is 0.317. The van der Waals surface area contributed by atoms with E-state index in [0.29, 0.717) is 25.5 Å². The normalized spacial score (nSPS) is 13.3. The second kappa shape index (κ2) is 4.60. The molecule has 7 heteroatoms. The number of hydrogen-bond donors (Lipinski definition) is 1. The lowest BCUT2D eigenvalue weighted by molar-refractivity contribution is 0.0689. The maximum atomic E-state index is 10.7. The van der Waals surface area contributed by atoms with E-state index in [1.54, 1.807) is 0 Å². The Morgan fingerprint density at radius 1 is 1.32 bits per heavy atom. The Hall–Kier alpha value is -2.57. The monoisotopic (exact) mass is 261 g/mol. The third-order valence-corrected chi connectivity index (χ3v) is 2.69. The molecule has 1 aromatic carbocycles. The van der Waals surface area contributed by atoms with Crippen molar-refractivity contribution in [1.82, 2.24) is 15.0 Å². The van der Waals surface area contributed by atoms with Gasteiger partial charge < -0.3 is 14.6 Å². The molecule has 0 bridgehead atoms. The van der Waals surface area contributed by atoms with E-state index in [0.717, 1.165) is 11.3 Å². The van der Waals surface area contributed by atoms with Gasteiger partial charge in [0.1, 0.15) is 13.2 Å². The summed E-state index contributed by atoms with van der Waals surface area (Å²) in [5, 5.41) is 16.5. The minimum atomic E-state index is -1.09. The largest absolute Gasteiger partial charge is 0.486 e. The minimum absolute atomic E-state index is 0.0717. The van der Waals surface area contributed by atoms with Crippen LogP contribution in [0.4, 0.5) is 0 Å². The van der Waals surface area contributed by atoms with Crippen LogP contribution in [0.5, 0.6) is 11.5 Å². The molecule has 7 nitrogen and oxygen atoms in total. The molecule has 1 aliphatic heterocycles. The lowest BCUT2D eigenvalue weighted by Crippen LogP contribution is -2.15. The molecule has 0 unspecified atom stereocenters. The van der Waals surface area contributed by atoms with Gasteiger partial charge in [0, 0.05) is 0 Å². The van der Waals surface area contributed by atoms with Gasteiger partial charge in [-0.3, -0.25) is 0 Å². The van der Waals surface area contributed by atoms with Crippen molar-refractivity contribution in [1.29, 1.82) is 0 Å². The molecule has 0 amide bonds. The average Bonchev–Trinajstić information content (AvgIpc) is 2.87. The van der Waals surface area contributed by atoms with Gasteiger partial charge >= 0.3 is 5.97 Å². The number of carboxylic acid groups (broad SMARTS) is 1. The Labute approximate surface area is 108 Å². The van der Waals surface area contributed by atoms with Gasteiger partial charge in [0.2, 0.25) is 0 Å². The van der Waals surface area contributed by atoms with Gasteiger partial charge in [-0.1, -0.05) is 6.07 Å². The van der Waals surface area contributed by atoms with Crippen molar-refractivity contribution in [2.45, 2.75) is 6.54 Å². The number of hydrogen-bond acceptors (Lipinski definition) is 5. The van der Waals surface area contributed by atoms with Crippen LogP contribution in [-0.4, -0.2) is 39.3 Å². The number of aromatic nitrogens is 3. The lowest BCUT2D eigenvalue weighted by atomic mass is 10.2. The fourth-order valence-corrected chi connectivity index (χ4v) is 1.82. The highest BCUT2D eigenvalue weighted by atomic mass is 16.6. The van der Waals surface area contributed by atoms with Crippen LogP contribution in [0.2, 0.25) is 0 Å². The van der Waals surface area contributed by atoms with Crippen LogP contribution in [0.3, 0.4) is 0 Å². The summed E-state index contributed by atoms with van der Waals surface area (Å²) in [6, 6.07) is 5.54. The Balaban J connectivity index is 1.80. The van der Waals surface area contributed by atoms with Crippen LogP contribution in [0, 0.1) is 0 Å². The number of benzene rings is 1. The fraction of sp³-hybridized carbons (Fsp3) is 0.250. The lowest BCUT2D eigenvalue weighted by Gasteiger charge is -2.18. The molecular formula is C12H11N3O4. The smallest absolute Gasteiger partial charge is 0.358 e. The molecule has 0 radical (unpaired) electrons. The summed E-state index contributed by atoms with van der Waals surface area (Å²) in [4.78, 5) is 12.0. The number of fused-ring (bicyclic) bond motifs is 1. The van der Waals surface area contributed by atoms with E-state index >= 15 is 0 Å². The summed E-state index contributed by atoms with van der Waals surface area (Å²) in [6.45, 7) is 1.46. The molecule has 2 aromatic rings. The van der Waals surface area contributed by atoms with E-state index in [1.807, 2.05) is 18.2 Å². The molecule has 0 saturated heterocycles. The van der Waals surface area contributed by atoms with Gasteiger partial charge in [-0.2, -0.15) is 9.90 Å². The number of aromatic carboxylic acids is 1. The number of nitrogens with zero attached hydrogens (tertiary/aromatic N) is 3. The first-order valence-corrected chi connectivity index (χ1v) is 5.74. The van der Waals surface area contributed by atoms with Crippen LogP contribution < -0.4 is 9.47 Å². The molecule has 3 rings (SSSR count). The molecule has 19 heavy (non-hydrogen) atoms. The summed E-state index contributed by atoms with van der Waals surface area (Å²) < 4.78 is 10.9. The maximum absolute atomic E-state index is 10.7. The van der Waals surface area contributed by atoms with Crippen molar-refractivity contribution in [3.8, 4) is 11.5 Å². The molecule has 0 aliphatic carbocycles. The first-order valence-electron chi connectivity index (χ1n) is 5.74. The molecule has 0 saturated carbocycles. The molecular weight excluding hydrogens is 250 g/mol. The van der Waals surface area contributed by atoms with Crippen LogP contribution in [0.25, 0.3) is 0 Å². The molecule has 98 valence electrons. The Kier molecular flexibility index (Phi) is 2.79. The van der Waals surface area contributed by atoms with Gasteiger partial charge in [0.05, 0.1) is 12.7 Å². The summed E-state index contributed by atoms with van der Waals surface area (Å²) >= 11 is 0. The number of ether oxygens (including phenoxy) is 2. The van der Waals surface area contributed by atoms with E-state index in [2.05, 4.69) is 10.2 Å². The zero-order valence-electron chi connectivity index (χ0n) is 9.94. The molecule has 0 spiro atoms. The first kappa shape index (κ1) is 11.5. The zero-order chi connectivity index (χ0) is 13.2.